The number of likely N-dealkylation sites (tertiary alicyclic amines) is 1. The number of rotatable bonds is 9. The summed E-state index contributed by atoms with van der Waals surface area (Å²) in [6.45, 7) is 3.12. The largest absolute Gasteiger partial charge is 0.480 e. The van der Waals surface area contributed by atoms with Crippen LogP contribution in [0.1, 0.15) is 39.0 Å². The third-order valence-corrected chi connectivity index (χ3v) is 3.93. The van der Waals surface area contributed by atoms with Crippen molar-refractivity contribution in [3.05, 3.63) is 0 Å². The highest BCUT2D eigenvalue weighted by Gasteiger charge is 2.22. The van der Waals surface area contributed by atoms with E-state index < -0.39 is 18.1 Å². The standard InChI is InChI=1S/C15H27N3O5/c1-11(19)13(16)4-2-3-9-23-15(22)17-12-5-7-18(8-6-12)10-14(20)21/h12-13H,2-10,16H2,1H3,(H,17,22)(H,20,21)/t13-/m1/s1. The Morgan fingerprint density at radius 3 is 2.52 bits per heavy atom. The van der Waals surface area contributed by atoms with Crippen LogP contribution >= 0.6 is 0 Å². The van der Waals surface area contributed by atoms with Crippen molar-refractivity contribution in [1.82, 2.24) is 10.2 Å². The van der Waals surface area contributed by atoms with Crippen LogP contribution in [0.2, 0.25) is 0 Å². The van der Waals surface area contributed by atoms with Crippen LogP contribution < -0.4 is 11.1 Å². The van der Waals surface area contributed by atoms with E-state index in [9.17, 15) is 14.4 Å². The van der Waals surface area contributed by atoms with Gasteiger partial charge >= 0.3 is 12.1 Å². The number of nitrogens with zero attached hydrogens (tertiary/aromatic N) is 1. The van der Waals surface area contributed by atoms with Crippen LogP contribution in [-0.4, -0.2) is 66.2 Å². The lowest BCUT2D eigenvalue weighted by Gasteiger charge is -2.30. The molecule has 0 radical (unpaired) electrons. The molecule has 0 aromatic heterocycles. The van der Waals surface area contributed by atoms with Gasteiger partial charge in [0.05, 0.1) is 19.2 Å². The molecule has 0 aromatic rings. The molecule has 0 unspecified atom stereocenters. The first-order valence-corrected chi connectivity index (χ1v) is 8.02. The van der Waals surface area contributed by atoms with Crippen LogP contribution in [0.5, 0.6) is 0 Å². The van der Waals surface area contributed by atoms with Crippen LogP contribution in [0.25, 0.3) is 0 Å². The first kappa shape index (κ1) is 19.4. The quantitative estimate of drug-likeness (QED) is 0.522. The van der Waals surface area contributed by atoms with E-state index in [1.165, 1.54) is 6.92 Å². The van der Waals surface area contributed by atoms with Crippen molar-refractivity contribution in [2.45, 2.75) is 51.1 Å². The Morgan fingerprint density at radius 1 is 1.30 bits per heavy atom. The van der Waals surface area contributed by atoms with E-state index in [1.54, 1.807) is 0 Å². The van der Waals surface area contributed by atoms with Gasteiger partial charge in [0.15, 0.2) is 0 Å². The van der Waals surface area contributed by atoms with Crippen molar-refractivity contribution in [3.63, 3.8) is 0 Å². The number of carboxylic acid groups (broad SMARTS) is 1. The number of aliphatic carboxylic acids is 1. The zero-order valence-corrected chi connectivity index (χ0v) is 13.6. The van der Waals surface area contributed by atoms with Crippen molar-refractivity contribution in [1.29, 1.82) is 0 Å². The zero-order chi connectivity index (χ0) is 17.2. The van der Waals surface area contributed by atoms with Crippen LogP contribution in [-0.2, 0) is 14.3 Å². The number of Topliss-reactive ketones (excluding diaryl/α,β-unsaturated/α-hetero) is 1. The number of alkyl carbamates (subject to hydrolysis) is 1. The lowest BCUT2D eigenvalue weighted by Crippen LogP contribution is -2.46. The third kappa shape index (κ3) is 8.51. The van der Waals surface area contributed by atoms with E-state index in [0.29, 0.717) is 32.5 Å². The predicted molar refractivity (Wildman–Crippen MR) is 84.1 cm³/mol. The molecule has 4 N–H and O–H groups in total. The number of ether oxygens (including phenoxy) is 1. The molecule has 1 aliphatic rings. The molecule has 0 aliphatic carbocycles. The molecular formula is C15H27N3O5. The number of carbonyl (C=O) groups is 3. The van der Waals surface area contributed by atoms with Crippen molar-refractivity contribution < 1.29 is 24.2 Å². The number of carboxylic acids is 1. The van der Waals surface area contributed by atoms with Crippen molar-refractivity contribution >= 4 is 17.8 Å². The Hall–Kier alpha value is -1.67. The topological polar surface area (TPSA) is 122 Å². The summed E-state index contributed by atoms with van der Waals surface area (Å²) in [4.78, 5) is 35.1. The fraction of sp³-hybridized carbons (Fsp3) is 0.800. The molecule has 1 heterocycles. The molecule has 1 atom stereocenters. The van der Waals surface area contributed by atoms with Gasteiger partial charge < -0.3 is 20.9 Å². The van der Waals surface area contributed by atoms with Crippen molar-refractivity contribution in [2.24, 2.45) is 5.73 Å². The number of carbonyl (C=O) groups excluding carboxylic acids is 2. The number of amides is 1. The van der Waals surface area contributed by atoms with E-state index in [-0.39, 0.29) is 18.4 Å². The Morgan fingerprint density at radius 2 is 1.96 bits per heavy atom. The second-order valence-corrected chi connectivity index (χ2v) is 5.94. The summed E-state index contributed by atoms with van der Waals surface area (Å²) < 4.78 is 5.09. The molecule has 8 heteroatoms. The lowest BCUT2D eigenvalue weighted by molar-refractivity contribution is -0.138. The average Bonchev–Trinajstić information content (AvgIpc) is 2.48. The number of hydrogen-bond acceptors (Lipinski definition) is 6. The molecule has 0 saturated carbocycles. The summed E-state index contributed by atoms with van der Waals surface area (Å²) in [5.41, 5.74) is 5.61. The first-order valence-electron chi connectivity index (χ1n) is 8.02. The highest BCUT2D eigenvalue weighted by Crippen LogP contribution is 2.10. The normalized spacial score (nSPS) is 17.5. The lowest BCUT2D eigenvalue weighted by atomic mass is 10.1. The SMILES string of the molecule is CC(=O)[C@H](N)CCCCOC(=O)NC1CCN(CC(=O)O)CC1. The summed E-state index contributed by atoms with van der Waals surface area (Å²) in [6.07, 6.45) is 3.00. The van der Waals surface area contributed by atoms with E-state index in [2.05, 4.69) is 5.32 Å². The number of piperidine rings is 1. The minimum atomic E-state index is -0.833. The van der Waals surface area contributed by atoms with Gasteiger partial charge in [-0.25, -0.2) is 4.79 Å². The smallest absolute Gasteiger partial charge is 0.407 e. The number of hydrogen-bond donors (Lipinski definition) is 3. The fourth-order valence-corrected chi connectivity index (χ4v) is 2.47. The van der Waals surface area contributed by atoms with Crippen molar-refractivity contribution in [3.8, 4) is 0 Å². The summed E-state index contributed by atoms with van der Waals surface area (Å²) >= 11 is 0. The molecule has 23 heavy (non-hydrogen) atoms. The molecular weight excluding hydrogens is 302 g/mol. The molecule has 0 spiro atoms. The maximum absolute atomic E-state index is 11.7. The molecule has 8 nitrogen and oxygen atoms in total. The van der Waals surface area contributed by atoms with Gasteiger partial charge in [-0.15, -0.1) is 0 Å². The summed E-state index contributed by atoms with van der Waals surface area (Å²) in [5.74, 6) is -0.863. The second-order valence-electron chi connectivity index (χ2n) is 5.94. The molecule has 1 aliphatic heterocycles. The number of nitrogens with two attached hydrogens (primary N) is 1. The van der Waals surface area contributed by atoms with Gasteiger partial charge in [-0.3, -0.25) is 14.5 Å². The summed E-state index contributed by atoms with van der Waals surface area (Å²) in [5, 5.41) is 11.5. The van der Waals surface area contributed by atoms with E-state index >= 15 is 0 Å². The Bertz CT molecular complexity index is 408. The highest BCUT2D eigenvalue weighted by atomic mass is 16.5. The van der Waals surface area contributed by atoms with Gasteiger partial charge in [0.25, 0.3) is 0 Å². The van der Waals surface area contributed by atoms with Gasteiger partial charge in [0, 0.05) is 19.1 Å². The Labute approximate surface area is 136 Å². The van der Waals surface area contributed by atoms with Crippen LogP contribution in [0.3, 0.4) is 0 Å². The maximum atomic E-state index is 11.7. The van der Waals surface area contributed by atoms with Crippen LogP contribution in [0, 0.1) is 0 Å². The monoisotopic (exact) mass is 329 g/mol. The Balaban J connectivity index is 2.06. The summed E-state index contributed by atoms with van der Waals surface area (Å²) in [7, 11) is 0. The number of ketones is 1. The maximum Gasteiger partial charge on any atom is 0.407 e. The van der Waals surface area contributed by atoms with Gasteiger partial charge in [-0.2, -0.15) is 0 Å². The van der Waals surface area contributed by atoms with E-state index in [4.69, 9.17) is 15.6 Å². The van der Waals surface area contributed by atoms with Gasteiger partial charge in [-0.05, 0) is 39.0 Å². The zero-order valence-electron chi connectivity index (χ0n) is 13.6. The minimum absolute atomic E-state index is 0.0266. The van der Waals surface area contributed by atoms with E-state index in [0.717, 1.165) is 19.3 Å². The Kier molecular flexibility index (Phi) is 8.57. The average molecular weight is 329 g/mol. The van der Waals surface area contributed by atoms with Crippen LogP contribution in [0.4, 0.5) is 4.79 Å². The van der Waals surface area contributed by atoms with Crippen LogP contribution in [0.15, 0.2) is 0 Å². The first-order chi connectivity index (χ1) is 10.9. The van der Waals surface area contributed by atoms with E-state index in [1.807, 2.05) is 4.90 Å². The fourth-order valence-electron chi connectivity index (χ4n) is 2.47. The molecule has 1 amide bonds. The molecule has 1 saturated heterocycles. The van der Waals surface area contributed by atoms with Gasteiger partial charge in [0.2, 0.25) is 0 Å². The summed E-state index contributed by atoms with van der Waals surface area (Å²) in [6, 6.07) is -0.404. The molecule has 0 bridgehead atoms. The highest BCUT2D eigenvalue weighted by molar-refractivity contribution is 5.81. The molecule has 1 fully saturated rings. The molecule has 132 valence electrons. The van der Waals surface area contributed by atoms with Crippen molar-refractivity contribution in [2.75, 3.05) is 26.2 Å². The predicted octanol–water partition coefficient (Wildman–Crippen LogP) is 0.348. The van der Waals surface area contributed by atoms with Gasteiger partial charge in [0.1, 0.15) is 5.78 Å². The molecule has 1 rings (SSSR count). The third-order valence-electron chi connectivity index (χ3n) is 3.93. The number of unbranched alkanes of at least 4 members (excludes halogenated alkanes) is 1. The van der Waals surface area contributed by atoms with Gasteiger partial charge in [-0.1, -0.05) is 0 Å². The number of nitrogens with one attached hydrogen (secondary N) is 1. The minimum Gasteiger partial charge on any atom is -0.480 e. The molecule has 0 aromatic carbocycles. The second kappa shape index (κ2) is 10.2.